The summed E-state index contributed by atoms with van der Waals surface area (Å²) < 4.78 is 11.7. The summed E-state index contributed by atoms with van der Waals surface area (Å²) in [4.78, 5) is 28.0. The fourth-order valence-corrected chi connectivity index (χ4v) is 4.65. The molecule has 2 N–H and O–H groups in total. The van der Waals surface area contributed by atoms with Crippen molar-refractivity contribution < 1.29 is 19.1 Å². The monoisotopic (exact) mass is 504 g/mol. The van der Waals surface area contributed by atoms with Gasteiger partial charge in [-0.1, -0.05) is 26.0 Å². The van der Waals surface area contributed by atoms with Gasteiger partial charge in [-0.15, -0.1) is 34.0 Å². The summed E-state index contributed by atoms with van der Waals surface area (Å²) in [5, 5.41) is 11.9. The number of nitrogens with zero attached hydrogens (tertiary/aromatic N) is 2. The second-order valence-electron chi connectivity index (χ2n) is 6.54. The van der Waals surface area contributed by atoms with Crippen molar-refractivity contribution in [2.75, 3.05) is 13.2 Å². The fraction of sp³-hybridized carbons (Fsp3) is 0.273. The Balaban J connectivity index is 1.85. The molecule has 33 heavy (non-hydrogen) atoms. The van der Waals surface area contributed by atoms with Crippen molar-refractivity contribution in [2.24, 2.45) is 10.2 Å². The van der Waals surface area contributed by atoms with Crippen LogP contribution in [-0.2, 0) is 0 Å². The highest BCUT2D eigenvalue weighted by atomic mass is 32.1. The van der Waals surface area contributed by atoms with Crippen LogP contribution >= 0.6 is 34.0 Å². The number of rotatable bonds is 12. The van der Waals surface area contributed by atoms with Crippen molar-refractivity contribution in [1.82, 2.24) is 10.9 Å². The number of nitrogens with one attached hydrogen (secondary N) is 2. The largest absolute Gasteiger partial charge is 0.488 e. The van der Waals surface area contributed by atoms with Crippen LogP contribution in [0.3, 0.4) is 0 Å². The van der Waals surface area contributed by atoms with E-state index in [1.807, 2.05) is 48.9 Å². The number of carbonyl (C=O) groups excluding carboxylic acids is 2. The van der Waals surface area contributed by atoms with Crippen LogP contribution in [0.1, 0.15) is 55.8 Å². The van der Waals surface area contributed by atoms with Crippen LogP contribution in [0.4, 0.5) is 0 Å². The summed E-state index contributed by atoms with van der Waals surface area (Å²) in [6.45, 7) is 4.65. The number of carbonyl (C=O) groups is 2. The third kappa shape index (κ3) is 6.98. The highest BCUT2D eigenvalue weighted by Crippen LogP contribution is 2.42. The minimum Gasteiger partial charge on any atom is -0.488 e. The van der Waals surface area contributed by atoms with Gasteiger partial charge in [0, 0.05) is 9.75 Å². The molecule has 0 aliphatic rings. The average Bonchev–Trinajstić information content (AvgIpc) is 3.57. The number of hydrazone groups is 2. The first-order valence-corrected chi connectivity index (χ1v) is 12.9. The van der Waals surface area contributed by atoms with E-state index in [-0.39, 0.29) is 21.3 Å². The zero-order valence-electron chi connectivity index (χ0n) is 18.2. The molecule has 0 aromatic carbocycles. The molecule has 0 bridgehead atoms. The first kappa shape index (κ1) is 24.6. The molecule has 3 heterocycles. The van der Waals surface area contributed by atoms with Gasteiger partial charge in [0.1, 0.15) is 9.75 Å². The van der Waals surface area contributed by atoms with Crippen LogP contribution < -0.4 is 20.3 Å². The predicted molar refractivity (Wildman–Crippen MR) is 135 cm³/mol. The Kier molecular flexibility index (Phi) is 9.60. The van der Waals surface area contributed by atoms with Crippen LogP contribution in [-0.4, -0.2) is 37.5 Å². The summed E-state index contributed by atoms with van der Waals surface area (Å²) in [7, 11) is 0. The predicted octanol–water partition coefficient (Wildman–Crippen LogP) is 4.98. The molecule has 0 spiro atoms. The molecule has 3 aromatic heterocycles. The van der Waals surface area contributed by atoms with Gasteiger partial charge in [-0.2, -0.15) is 10.2 Å². The molecule has 0 radical (unpaired) electrons. The van der Waals surface area contributed by atoms with E-state index in [1.165, 1.54) is 22.7 Å². The fourth-order valence-electron chi connectivity index (χ4n) is 2.51. The Morgan fingerprint density at radius 2 is 1.30 bits per heavy atom. The molecule has 0 fully saturated rings. The number of amides is 2. The topological polar surface area (TPSA) is 101 Å². The molecule has 0 saturated carbocycles. The molecule has 8 nitrogen and oxygen atoms in total. The van der Waals surface area contributed by atoms with Gasteiger partial charge < -0.3 is 9.47 Å². The first-order chi connectivity index (χ1) is 16.1. The van der Waals surface area contributed by atoms with Crippen LogP contribution in [0, 0.1) is 0 Å². The lowest BCUT2D eigenvalue weighted by atomic mass is 10.3. The maximum absolute atomic E-state index is 12.9. The van der Waals surface area contributed by atoms with Crippen molar-refractivity contribution in [3.05, 3.63) is 54.5 Å². The van der Waals surface area contributed by atoms with Crippen LogP contribution in [0.25, 0.3) is 0 Å². The average molecular weight is 505 g/mol. The van der Waals surface area contributed by atoms with Crippen molar-refractivity contribution in [3.63, 3.8) is 0 Å². The minimum absolute atomic E-state index is 0.213. The minimum atomic E-state index is -0.485. The maximum Gasteiger partial charge on any atom is 0.285 e. The van der Waals surface area contributed by atoms with Crippen molar-refractivity contribution in [2.45, 2.75) is 26.7 Å². The normalized spacial score (nSPS) is 11.2. The molecule has 2 amide bonds. The zero-order chi connectivity index (χ0) is 23.5. The lowest BCUT2D eigenvalue weighted by molar-refractivity contribution is 0.0945. The Labute approximate surface area is 203 Å². The van der Waals surface area contributed by atoms with Gasteiger partial charge in [-0.05, 0) is 35.7 Å². The van der Waals surface area contributed by atoms with Crippen molar-refractivity contribution in [3.8, 4) is 11.5 Å². The van der Waals surface area contributed by atoms with Gasteiger partial charge in [-0.25, -0.2) is 10.9 Å². The van der Waals surface area contributed by atoms with E-state index in [9.17, 15) is 9.59 Å². The lowest BCUT2D eigenvalue weighted by Crippen LogP contribution is -2.17. The molecule has 0 aliphatic carbocycles. The van der Waals surface area contributed by atoms with Gasteiger partial charge in [0.2, 0.25) is 0 Å². The Morgan fingerprint density at radius 1 is 0.848 bits per heavy atom. The SMILES string of the molecule is CCCOc1c(C(=O)N/N=C/c2cccs2)sc(C(=O)N/N=C/c2cccs2)c1OCCC. The van der Waals surface area contributed by atoms with E-state index in [4.69, 9.17) is 9.47 Å². The summed E-state index contributed by atoms with van der Waals surface area (Å²) >= 11 is 3.99. The van der Waals surface area contributed by atoms with Crippen molar-refractivity contribution in [1.29, 1.82) is 0 Å². The van der Waals surface area contributed by atoms with Gasteiger partial charge >= 0.3 is 0 Å². The number of thiophene rings is 3. The van der Waals surface area contributed by atoms with Crippen LogP contribution in [0.2, 0.25) is 0 Å². The smallest absolute Gasteiger partial charge is 0.285 e. The third-order valence-corrected chi connectivity index (χ3v) is 6.70. The van der Waals surface area contributed by atoms with E-state index in [0.717, 1.165) is 33.9 Å². The quantitative estimate of drug-likeness (QED) is 0.268. The zero-order valence-corrected chi connectivity index (χ0v) is 20.6. The molecule has 0 saturated heterocycles. The van der Waals surface area contributed by atoms with E-state index in [1.54, 1.807) is 12.4 Å². The Morgan fingerprint density at radius 3 is 1.67 bits per heavy atom. The molecule has 11 heteroatoms. The van der Waals surface area contributed by atoms with Crippen LogP contribution in [0.5, 0.6) is 11.5 Å². The molecule has 0 atom stereocenters. The molecule has 0 aliphatic heterocycles. The number of hydrogen-bond donors (Lipinski definition) is 2. The highest BCUT2D eigenvalue weighted by molar-refractivity contribution is 7.16. The number of ether oxygens (including phenoxy) is 2. The number of hydrogen-bond acceptors (Lipinski definition) is 9. The second-order valence-corrected chi connectivity index (χ2v) is 9.52. The molecular weight excluding hydrogens is 480 g/mol. The van der Waals surface area contributed by atoms with Gasteiger partial charge in [0.05, 0.1) is 25.6 Å². The van der Waals surface area contributed by atoms with E-state index in [0.29, 0.717) is 13.2 Å². The Hall–Kier alpha value is -3.02. The van der Waals surface area contributed by atoms with Crippen LogP contribution in [0.15, 0.2) is 45.2 Å². The summed E-state index contributed by atoms with van der Waals surface area (Å²) in [6, 6.07) is 7.56. The second kappa shape index (κ2) is 12.9. The van der Waals surface area contributed by atoms with E-state index in [2.05, 4.69) is 21.1 Å². The summed E-state index contributed by atoms with van der Waals surface area (Å²) in [5.41, 5.74) is 5.01. The van der Waals surface area contributed by atoms with Crippen molar-refractivity contribution >= 4 is 58.3 Å². The Bertz CT molecular complexity index is 1000. The lowest BCUT2D eigenvalue weighted by Gasteiger charge is -2.10. The van der Waals surface area contributed by atoms with Gasteiger partial charge in [-0.3, -0.25) is 9.59 Å². The summed E-state index contributed by atoms with van der Waals surface area (Å²) in [5.74, 6) is -0.485. The third-order valence-electron chi connectivity index (χ3n) is 3.94. The molecule has 3 aromatic rings. The molecular formula is C22H24N4O4S3. The molecule has 0 unspecified atom stereocenters. The van der Waals surface area contributed by atoms with E-state index < -0.39 is 11.8 Å². The van der Waals surface area contributed by atoms with E-state index >= 15 is 0 Å². The first-order valence-electron chi connectivity index (χ1n) is 10.3. The maximum atomic E-state index is 12.9. The van der Waals surface area contributed by atoms with Gasteiger partial charge in [0.25, 0.3) is 11.8 Å². The highest BCUT2D eigenvalue weighted by Gasteiger charge is 2.29. The molecule has 174 valence electrons. The standard InChI is InChI=1S/C22H24N4O4S3/c1-3-9-29-17-18(30-10-4-2)20(22(28)26-24-14-16-8-6-12-32-16)33-19(17)21(27)25-23-13-15-7-5-11-31-15/h5-8,11-14H,3-4,9-10H2,1-2H3,(H,25,27)(H,26,28)/b23-13+,24-14+. The van der Waals surface area contributed by atoms with Gasteiger partial charge in [0.15, 0.2) is 11.5 Å². The summed E-state index contributed by atoms with van der Waals surface area (Å²) in [6.07, 6.45) is 4.58. The molecule has 3 rings (SSSR count).